The van der Waals surface area contributed by atoms with Crippen LogP contribution in [-0.2, 0) is 7.05 Å². The van der Waals surface area contributed by atoms with Crippen molar-refractivity contribution < 1.29 is 18.0 Å². The molecule has 3 heterocycles. The zero-order chi connectivity index (χ0) is 30.1. The maximum atomic E-state index is 13.0. The van der Waals surface area contributed by atoms with Crippen molar-refractivity contribution in [3.05, 3.63) is 72.7 Å². The summed E-state index contributed by atoms with van der Waals surface area (Å²) in [7, 11) is 1.68. The predicted octanol–water partition coefficient (Wildman–Crippen LogP) is 5.86. The zero-order valence-electron chi connectivity index (χ0n) is 23.9. The van der Waals surface area contributed by atoms with E-state index in [4.69, 9.17) is 5.73 Å². The summed E-state index contributed by atoms with van der Waals surface area (Å²) in [6, 6.07) is 4.74. The number of pyridine rings is 1. The molecule has 218 valence electrons. The van der Waals surface area contributed by atoms with E-state index >= 15 is 0 Å². The van der Waals surface area contributed by atoms with E-state index in [1.807, 2.05) is 19.9 Å². The molecule has 0 aliphatic heterocycles. The number of alkyl halides is 3. The number of allylic oxidation sites excluding steroid dienone is 3. The van der Waals surface area contributed by atoms with Gasteiger partial charge in [0.2, 0.25) is 0 Å². The van der Waals surface area contributed by atoms with E-state index < -0.39 is 20.0 Å². The Kier molecular flexibility index (Phi) is 15.6. The first kappa shape index (κ1) is 34.6. The average Bonchev–Trinajstić information content (AvgIpc) is 3.52. The molecule has 10 heteroatoms. The molecule has 0 aromatic carbocycles. The molecule has 0 bridgehead atoms. The monoisotopic (exact) mass is 623 g/mol. The Balaban J connectivity index is 0.000000520. The maximum absolute atomic E-state index is 13.0. The number of rotatable bonds is 9. The number of hydrogen-bond acceptors (Lipinski definition) is 3. The van der Waals surface area contributed by atoms with E-state index in [1.54, 1.807) is 25.4 Å². The van der Waals surface area contributed by atoms with Gasteiger partial charge < -0.3 is 0 Å². The number of amides is 1. The third kappa shape index (κ3) is 11.8. The Morgan fingerprint density at radius 1 is 1.32 bits per heavy atom. The summed E-state index contributed by atoms with van der Waals surface area (Å²) in [5.41, 5.74) is 7.33. The summed E-state index contributed by atoms with van der Waals surface area (Å²) in [4.78, 5) is 11.9. The van der Waals surface area contributed by atoms with Gasteiger partial charge in [-0.05, 0) is 18.8 Å². The first-order valence-corrected chi connectivity index (χ1v) is 15.0. The number of nitrogens with two attached hydrogens (primary N) is 1. The number of carbonyl (C=O) groups excluding carboxylic acids is 1. The second-order valence-corrected chi connectivity index (χ2v) is 10.6. The molecule has 0 aliphatic rings. The van der Waals surface area contributed by atoms with Crippen LogP contribution in [0.2, 0.25) is 0 Å². The van der Waals surface area contributed by atoms with Gasteiger partial charge in [0.15, 0.2) is 0 Å². The van der Waals surface area contributed by atoms with Crippen molar-refractivity contribution in [1.82, 2.24) is 19.5 Å². The number of unbranched alkanes of at least 4 members (excludes halogenated alkanes) is 2. The summed E-state index contributed by atoms with van der Waals surface area (Å²) in [6.45, 7) is 12.2. The second kappa shape index (κ2) is 18.0. The number of hydrogen-bond donors (Lipinski definition) is 2. The SMILES string of the molecule is C=CC(/C=C\CCCC)CC.CC.Cn1cc(C(=O)NCC#Cc2cc3c(N)cccn3c2[Se]C(F)(F)F)cn1. The Labute approximate surface area is 242 Å². The van der Waals surface area contributed by atoms with Gasteiger partial charge in [0.25, 0.3) is 0 Å². The van der Waals surface area contributed by atoms with Gasteiger partial charge in [-0.2, -0.15) is 0 Å². The molecule has 1 atom stereocenters. The summed E-state index contributed by atoms with van der Waals surface area (Å²) in [5.74, 6) is 5.65. The first-order chi connectivity index (χ1) is 19.1. The van der Waals surface area contributed by atoms with Crippen LogP contribution in [-0.4, -0.2) is 46.7 Å². The minimum atomic E-state index is -4.32. The third-order valence-corrected chi connectivity index (χ3v) is 7.18. The fraction of sp³-hybridized carbons (Fsp3) is 0.400. The van der Waals surface area contributed by atoms with Crippen LogP contribution in [0.3, 0.4) is 0 Å². The molecule has 0 aliphatic carbocycles. The topological polar surface area (TPSA) is 77.3 Å². The van der Waals surface area contributed by atoms with E-state index in [0.29, 0.717) is 22.7 Å². The predicted molar refractivity (Wildman–Crippen MR) is 160 cm³/mol. The molecule has 3 N–H and O–H groups in total. The normalized spacial score (nSPS) is 11.5. The van der Waals surface area contributed by atoms with Crippen molar-refractivity contribution in [3.63, 3.8) is 0 Å². The van der Waals surface area contributed by atoms with Crippen molar-refractivity contribution >= 4 is 36.7 Å². The number of nitrogens with one attached hydrogen (secondary N) is 1. The Hall–Kier alpha value is -3.41. The van der Waals surface area contributed by atoms with Gasteiger partial charge in [0.1, 0.15) is 0 Å². The van der Waals surface area contributed by atoms with Gasteiger partial charge in [-0.25, -0.2) is 0 Å². The van der Waals surface area contributed by atoms with E-state index in [9.17, 15) is 18.0 Å². The van der Waals surface area contributed by atoms with E-state index in [1.165, 1.54) is 53.2 Å². The number of carbonyl (C=O) groups is 1. The number of fused-ring (bicyclic) bond motifs is 1. The van der Waals surface area contributed by atoms with Gasteiger partial charge in [-0.1, -0.05) is 58.8 Å². The van der Waals surface area contributed by atoms with Crippen LogP contribution in [0, 0.1) is 17.8 Å². The van der Waals surface area contributed by atoms with Crippen molar-refractivity contribution in [1.29, 1.82) is 0 Å². The molecule has 0 radical (unpaired) electrons. The molecule has 6 nitrogen and oxygen atoms in total. The quantitative estimate of drug-likeness (QED) is 0.136. The van der Waals surface area contributed by atoms with Crippen LogP contribution < -0.4 is 15.6 Å². The second-order valence-electron chi connectivity index (χ2n) is 8.40. The number of halogens is 3. The molecule has 3 aromatic rings. The van der Waals surface area contributed by atoms with Crippen LogP contribution in [0.15, 0.2) is 61.6 Å². The first-order valence-electron chi connectivity index (χ1n) is 13.3. The minimum absolute atomic E-state index is 0.00609. The Bertz CT molecular complexity index is 1300. The van der Waals surface area contributed by atoms with Gasteiger partial charge in [-0.15, -0.1) is 6.58 Å². The van der Waals surface area contributed by atoms with E-state index in [-0.39, 0.29) is 22.6 Å². The molecule has 0 saturated carbocycles. The number of anilines is 1. The number of aromatic nitrogens is 3. The van der Waals surface area contributed by atoms with Crippen LogP contribution >= 0.6 is 0 Å². The molecule has 1 unspecified atom stereocenters. The van der Waals surface area contributed by atoms with E-state index in [2.05, 4.69) is 54.8 Å². The molecule has 40 heavy (non-hydrogen) atoms. The fourth-order valence-corrected chi connectivity index (χ4v) is 4.84. The molecular formula is C30H40F3N5OSe. The third-order valence-electron chi connectivity index (χ3n) is 5.42. The summed E-state index contributed by atoms with van der Waals surface area (Å²) in [5, 5.41) is 2.15. The Morgan fingerprint density at radius 3 is 2.62 bits per heavy atom. The van der Waals surface area contributed by atoms with E-state index in [0.717, 1.165) is 0 Å². The van der Waals surface area contributed by atoms with Crippen molar-refractivity contribution in [3.8, 4) is 11.8 Å². The zero-order valence-corrected chi connectivity index (χ0v) is 25.6. The molecule has 0 saturated heterocycles. The van der Waals surface area contributed by atoms with Crippen LogP contribution in [0.25, 0.3) is 5.52 Å². The van der Waals surface area contributed by atoms with Crippen molar-refractivity contribution in [2.75, 3.05) is 12.3 Å². The molecule has 3 aromatic heterocycles. The number of nitrogens with zero attached hydrogens (tertiary/aromatic N) is 3. The molecule has 0 fully saturated rings. The number of aryl methyl sites for hydroxylation is 1. The van der Waals surface area contributed by atoms with Crippen LogP contribution in [0.5, 0.6) is 0 Å². The molecule has 0 spiro atoms. The summed E-state index contributed by atoms with van der Waals surface area (Å²) >= 11 is -1.78. The summed E-state index contributed by atoms with van der Waals surface area (Å²) < 4.78 is 41.9. The number of nitrogen functional groups attached to an aromatic ring is 1. The standard InChI is InChI=1S/C17H14F3N5OSe.C11H20.C2H6/c1-24-10-12(9-23-24)15(26)22-6-2-4-11-8-14-13(21)5-3-7-25(14)16(11)27-17(18,19)20;1-4-7-8-9-10-11(5-2)6-3;1-2/h3,5,7-10H,6,21H2,1H3,(H,22,26);5,9-11H,2,4,6-8H2,1,3H3;1-2H3/b;10-9-;. The van der Waals surface area contributed by atoms with Gasteiger partial charge in [-0.3, -0.25) is 0 Å². The average molecular weight is 623 g/mol. The molecule has 3 rings (SSSR count). The van der Waals surface area contributed by atoms with Gasteiger partial charge in [0, 0.05) is 0 Å². The Morgan fingerprint density at radius 2 is 2.05 bits per heavy atom. The van der Waals surface area contributed by atoms with Crippen molar-refractivity contribution in [2.45, 2.75) is 58.5 Å². The summed E-state index contributed by atoms with van der Waals surface area (Å²) in [6.07, 6.45) is 16.0. The molecular weight excluding hydrogens is 582 g/mol. The fourth-order valence-electron chi connectivity index (χ4n) is 3.38. The van der Waals surface area contributed by atoms with Gasteiger partial charge >= 0.3 is 158 Å². The van der Waals surface area contributed by atoms with Crippen LogP contribution in [0.1, 0.15) is 69.3 Å². The van der Waals surface area contributed by atoms with Crippen LogP contribution in [0.4, 0.5) is 18.9 Å². The van der Waals surface area contributed by atoms with Crippen molar-refractivity contribution in [2.24, 2.45) is 13.0 Å². The molecule has 1 amide bonds. The van der Waals surface area contributed by atoms with Gasteiger partial charge in [0.05, 0.1) is 0 Å².